The molecule has 1 heterocycles. The topological polar surface area (TPSA) is 35.5 Å². The van der Waals surface area contributed by atoms with Crippen LogP contribution in [-0.2, 0) is 14.3 Å². The normalized spacial score (nSPS) is 27.1. The summed E-state index contributed by atoms with van der Waals surface area (Å²) in [6.45, 7) is 4.06. The zero-order chi connectivity index (χ0) is 15.1. The van der Waals surface area contributed by atoms with Crippen molar-refractivity contribution >= 4 is 5.97 Å². The number of ether oxygens (including phenoxy) is 2. The third-order valence-corrected chi connectivity index (χ3v) is 2.71. The van der Waals surface area contributed by atoms with Gasteiger partial charge in [0.15, 0.2) is 0 Å². The van der Waals surface area contributed by atoms with E-state index in [0.29, 0.717) is 6.08 Å². The highest BCUT2D eigenvalue weighted by Crippen LogP contribution is 2.54. The van der Waals surface area contributed by atoms with Crippen LogP contribution in [0.4, 0.5) is 26.3 Å². The Hall–Kier alpha value is -1.25. The summed E-state index contributed by atoms with van der Waals surface area (Å²) in [5.41, 5.74) is -4.31. The number of halogens is 6. The van der Waals surface area contributed by atoms with Gasteiger partial charge in [0.1, 0.15) is 0 Å². The maximum Gasteiger partial charge on any atom is 0.426 e. The molecule has 0 aliphatic carbocycles. The van der Waals surface area contributed by atoms with Crippen LogP contribution in [0.2, 0.25) is 0 Å². The van der Waals surface area contributed by atoms with Crippen LogP contribution >= 0.6 is 0 Å². The second-order valence-corrected chi connectivity index (χ2v) is 4.13. The summed E-state index contributed by atoms with van der Waals surface area (Å²) in [5, 5.41) is 0. The fourth-order valence-electron chi connectivity index (χ4n) is 1.74. The number of carbonyl (C=O) groups is 1. The number of rotatable bonds is 2. The predicted molar refractivity (Wildman–Crippen MR) is 49.8 cm³/mol. The summed E-state index contributed by atoms with van der Waals surface area (Å²) >= 11 is 0. The minimum Gasteiger partial charge on any atom is -0.432 e. The van der Waals surface area contributed by atoms with Crippen molar-refractivity contribution in [2.45, 2.75) is 37.6 Å². The SMILES string of the molecule is C=CC(=O)OC1OC(C(F)(F)F)(C(F)(F)F)CC1C. The van der Waals surface area contributed by atoms with E-state index in [2.05, 4.69) is 16.1 Å². The number of hydrogen-bond donors (Lipinski definition) is 0. The molecule has 0 spiro atoms. The van der Waals surface area contributed by atoms with Crippen LogP contribution in [0.3, 0.4) is 0 Å². The monoisotopic (exact) mass is 292 g/mol. The van der Waals surface area contributed by atoms with Crippen molar-refractivity contribution in [2.75, 3.05) is 0 Å². The maximum atomic E-state index is 12.7. The molecule has 1 rings (SSSR count). The standard InChI is InChI=1S/C10H10F6O3/c1-3-6(17)18-7-5(2)4-8(19-7,9(11,12)13)10(14,15)16/h3,5,7H,1,4H2,2H3. The summed E-state index contributed by atoms with van der Waals surface area (Å²) in [7, 11) is 0. The predicted octanol–water partition coefficient (Wildman–Crippen LogP) is 2.96. The highest BCUT2D eigenvalue weighted by atomic mass is 19.4. The van der Waals surface area contributed by atoms with E-state index in [9.17, 15) is 31.1 Å². The number of esters is 1. The van der Waals surface area contributed by atoms with Gasteiger partial charge in [-0.05, 0) is 0 Å². The van der Waals surface area contributed by atoms with Crippen LogP contribution in [0.5, 0.6) is 0 Å². The average Bonchev–Trinajstić information content (AvgIpc) is 2.56. The zero-order valence-corrected chi connectivity index (χ0v) is 9.64. The summed E-state index contributed by atoms with van der Waals surface area (Å²) in [5.74, 6) is -2.41. The molecular formula is C10H10F6O3. The molecule has 2 atom stereocenters. The fraction of sp³-hybridized carbons (Fsp3) is 0.700. The molecule has 19 heavy (non-hydrogen) atoms. The highest BCUT2D eigenvalue weighted by molar-refractivity contribution is 5.81. The quantitative estimate of drug-likeness (QED) is 0.446. The van der Waals surface area contributed by atoms with E-state index < -0.39 is 42.6 Å². The van der Waals surface area contributed by atoms with E-state index in [-0.39, 0.29) is 0 Å². The zero-order valence-electron chi connectivity index (χ0n) is 9.64. The van der Waals surface area contributed by atoms with Gasteiger partial charge in [-0.25, -0.2) is 4.79 Å². The summed E-state index contributed by atoms with van der Waals surface area (Å²) in [4.78, 5) is 10.8. The Balaban J connectivity index is 3.06. The number of alkyl halides is 6. The Morgan fingerprint density at radius 1 is 1.32 bits per heavy atom. The first-order chi connectivity index (χ1) is 8.44. The van der Waals surface area contributed by atoms with E-state index in [4.69, 9.17) is 0 Å². The van der Waals surface area contributed by atoms with E-state index in [1.54, 1.807) is 0 Å². The van der Waals surface area contributed by atoms with Gasteiger partial charge in [-0.1, -0.05) is 13.5 Å². The summed E-state index contributed by atoms with van der Waals surface area (Å²) in [6.07, 6.45) is -14.0. The van der Waals surface area contributed by atoms with Crippen molar-refractivity contribution in [1.29, 1.82) is 0 Å². The smallest absolute Gasteiger partial charge is 0.426 e. The number of hydrogen-bond acceptors (Lipinski definition) is 3. The van der Waals surface area contributed by atoms with Crippen molar-refractivity contribution < 1.29 is 40.6 Å². The van der Waals surface area contributed by atoms with Crippen LogP contribution in [-0.4, -0.2) is 30.2 Å². The maximum absolute atomic E-state index is 12.7. The lowest BCUT2D eigenvalue weighted by Gasteiger charge is -2.32. The van der Waals surface area contributed by atoms with Crippen molar-refractivity contribution in [3.05, 3.63) is 12.7 Å². The van der Waals surface area contributed by atoms with Gasteiger partial charge < -0.3 is 9.47 Å². The highest BCUT2D eigenvalue weighted by Gasteiger charge is 2.76. The molecule has 0 radical (unpaired) electrons. The molecule has 1 aliphatic heterocycles. The van der Waals surface area contributed by atoms with E-state index in [0.717, 1.165) is 6.92 Å². The molecule has 2 unspecified atom stereocenters. The lowest BCUT2D eigenvalue weighted by molar-refractivity contribution is -0.385. The van der Waals surface area contributed by atoms with Gasteiger partial charge in [0.05, 0.1) is 0 Å². The van der Waals surface area contributed by atoms with Crippen molar-refractivity contribution in [3.63, 3.8) is 0 Å². The largest absolute Gasteiger partial charge is 0.432 e. The Kier molecular flexibility index (Phi) is 3.91. The van der Waals surface area contributed by atoms with Crippen molar-refractivity contribution in [1.82, 2.24) is 0 Å². The Morgan fingerprint density at radius 2 is 1.79 bits per heavy atom. The molecule has 0 amide bonds. The fourth-order valence-corrected chi connectivity index (χ4v) is 1.74. The van der Waals surface area contributed by atoms with Crippen LogP contribution < -0.4 is 0 Å². The van der Waals surface area contributed by atoms with E-state index in [1.165, 1.54) is 0 Å². The lowest BCUT2D eigenvalue weighted by Crippen LogP contribution is -2.57. The second kappa shape index (κ2) is 4.69. The first-order valence-electron chi connectivity index (χ1n) is 5.09. The first kappa shape index (κ1) is 15.8. The number of carbonyl (C=O) groups excluding carboxylic acids is 1. The second-order valence-electron chi connectivity index (χ2n) is 4.13. The molecule has 110 valence electrons. The Morgan fingerprint density at radius 3 is 2.11 bits per heavy atom. The van der Waals surface area contributed by atoms with E-state index >= 15 is 0 Å². The molecule has 1 saturated heterocycles. The van der Waals surface area contributed by atoms with Gasteiger partial charge in [-0.3, -0.25) is 0 Å². The van der Waals surface area contributed by atoms with Crippen LogP contribution in [0.1, 0.15) is 13.3 Å². The minimum atomic E-state index is -5.66. The molecule has 0 aromatic rings. The van der Waals surface area contributed by atoms with Gasteiger partial charge in [0.2, 0.25) is 6.29 Å². The third-order valence-electron chi connectivity index (χ3n) is 2.71. The summed E-state index contributed by atoms with van der Waals surface area (Å²) < 4.78 is 84.4. The van der Waals surface area contributed by atoms with Crippen molar-refractivity contribution in [3.8, 4) is 0 Å². The van der Waals surface area contributed by atoms with Gasteiger partial charge in [0.25, 0.3) is 5.60 Å². The van der Waals surface area contributed by atoms with Crippen LogP contribution in [0.25, 0.3) is 0 Å². The molecule has 0 saturated carbocycles. The molecule has 0 aromatic carbocycles. The molecule has 0 N–H and O–H groups in total. The molecule has 1 aliphatic rings. The van der Waals surface area contributed by atoms with Crippen LogP contribution in [0.15, 0.2) is 12.7 Å². The van der Waals surface area contributed by atoms with Crippen molar-refractivity contribution in [2.24, 2.45) is 5.92 Å². The lowest BCUT2D eigenvalue weighted by atomic mass is 9.93. The molecule has 3 nitrogen and oxygen atoms in total. The molecule has 9 heteroatoms. The molecule has 0 aromatic heterocycles. The third kappa shape index (κ3) is 2.70. The average molecular weight is 292 g/mol. The summed E-state index contributed by atoms with van der Waals surface area (Å²) in [6, 6.07) is 0. The molecule has 0 bridgehead atoms. The van der Waals surface area contributed by atoms with Gasteiger partial charge >= 0.3 is 18.3 Å². The van der Waals surface area contributed by atoms with Gasteiger partial charge in [-0.2, -0.15) is 26.3 Å². The minimum absolute atomic E-state index is 0.622. The first-order valence-corrected chi connectivity index (χ1v) is 5.09. The molecular weight excluding hydrogens is 282 g/mol. The Labute approximate surface area is 104 Å². The molecule has 1 fully saturated rings. The van der Waals surface area contributed by atoms with Gasteiger partial charge in [0, 0.05) is 18.4 Å². The Bertz CT molecular complexity index is 358. The van der Waals surface area contributed by atoms with Gasteiger partial charge in [-0.15, -0.1) is 0 Å². The van der Waals surface area contributed by atoms with Crippen LogP contribution in [0, 0.1) is 5.92 Å². The van der Waals surface area contributed by atoms with E-state index in [1.807, 2.05) is 0 Å².